The van der Waals surface area contributed by atoms with Gasteiger partial charge in [0, 0.05) is 164 Å². The first-order chi connectivity index (χ1) is 60.6. The summed E-state index contributed by atoms with van der Waals surface area (Å²) in [5, 5.41) is 36.0. The molecule has 3 saturated carbocycles. The summed E-state index contributed by atoms with van der Waals surface area (Å²) in [6, 6.07) is 35.0. The molecule has 32 heteroatoms. The number of nitrogens with zero attached hydrogens (tertiary/aromatic N) is 14. The maximum Gasteiger partial charge on any atom is 0.306 e. The van der Waals surface area contributed by atoms with E-state index >= 15 is 0 Å². The molecule has 0 bridgehead atoms. The molecule has 0 atom stereocenters. The van der Waals surface area contributed by atoms with Gasteiger partial charge in [0.15, 0.2) is 28.6 Å². The number of nitrogens with two attached hydrogens (primary N) is 1. The van der Waals surface area contributed by atoms with Crippen molar-refractivity contribution in [3.8, 4) is 33.4 Å². The van der Waals surface area contributed by atoms with Crippen molar-refractivity contribution in [2.24, 2.45) is 17.8 Å². The third-order valence-corrected chi connectivity index (χ3v) is 33.6. The molecular weight excluding hydrogens is 1860 g/mol. The Morgan fingerprint density at radius 3 is 1.02 bits per heavy atom. The largest absolute Gasteiger partial charge is 0.481 e. The number of carboxylic acid groups (broad SMARTS) is 2. The Labute approximate surface area is 775 Å². The number of esters is 1. The number of fused-ring (bicyclic) bond motifs is 6. The number of rotatable bonds is 35. The fourth-order valence-corrected chi connectivity index (χ4v) is 22.3. The lowest BCUT2D eigenvalue weighted by Crippen LogP contribution is -2.34. The predicted octanol–water partition coefficient (Wildman–Crippen LogP) is 23.3. The Balaban J connectivity index is 0.000000167. The number of ether oxygens (including phenoxy) is 5. The third kappa shape index (κ3) is 25.7. The molecule has 0 radical (unpaired) electrons. The van der Waals surface area contributed by atoms with Gasteiger partial charge >= 0.3 is 17.9 Å². The van der Waals surface area contributed by atoms with Gasteiger partial charge in [0.25, 0.3) is 0 Å². The van der Waals surface area contributed by atoms with E-state index in [-0.39, 0.29) is 48.4 Å². The Morgan fingerprint density at radius 1 is 0.417 bits per heavy atom. The Morgan fingerprint density at radius 2 is 0.709 bits per heavy atom. The molecule has 15 rings (SSSR count). The molecule has 12 aromatic rings. The zero-order valence-corrected chi connectivity index (χ0v) is 84.8. The number of aliphatic carboxylic acids is 2. The summed E-state index contributed by atoms with van der Waals surface area (Å²) >= 11 is 11.7. The maximum atomic E-state index is 12.3. The van der Waals surface area contributed by atoms with E-state index in [0.29, 0.717) is 83.8 Å². The van der Waals surface area contributed by atoms with E-state index in [0.717, 1.165) is 221 Å². The van der Waals surface area contributed by atoms with Gasteiger partial charge in [-0.3, -0.25) is 29.3 Å². The van der Waals surface area contributed by atoms with E-state index in [2.05, 4.69) is 177 Å². The number of pyridine rings is 3. The molecule has 0 aliphatic heterocycles. The Kier molecular flexibility index (Phi) is 32.7. The summed E-state index contributed by atoms with van der Waals surface area (Å²) < 4.78 is 38.8. The summed E-state index contributed by atoms with van der Waals surface area (Å²) in [6.07, 6.45) is 23.1. The highest BCUT2D eigenvalue weighted by molar-refractivity contribution is 9.11. The zero-order valence-electron chi connectivity index (χ0n) is 76.0. The normalized spacial score (nSPS) is 17.7. The average Bonchev–Trinajstić information content (AvgIpc) is 1.64. The number of anilines is 3. The van der Waals surface area contributed by atoms with Crippen LogP contribution in [0.5, 0.6) is 0 Å². The molecule has 25 nitrogen and oxygen atoms in total. The predicted molar refractivity (Wildman–Crippen MR) is 529 cm³/mol. The van der Waals surface area contributed by atoms with E-state index in [1.54, 1.807) is 10.7 Å². The van der Waals surface area contributed by atoms with Crippen LogP contribution in [0.3, 0.4) is 0 Å². The summed E-state index contributed by atoms with van der Waals surface area (Å²) in [5.41, 5.74) is 20.0. The number of carbonyl (C=O) groups is 3. The van der Waals surface area contributed by atoms with Gasteiger partial charge in [-0.15, -0.1) is 0 Å². The molecule has 3 aliphatic rings. The highest BCUT2D eigenvalue weighted by atomic mass is 79.9. The van der Waals surface area contributed by atoms with E-state index in [9.17, 15) is 19.5 Å². The van der Waals surface area contributed by atoms with E-state index in [1.165, 1.54) is 0 Å². The van der Waals surface area contributed by atoms with Gasteiger partial charge in [-0.2, -0.15) is 28.8 Å². The summed E-state index contributed by atoms with van der Waals surface area (Å²) in [4.78, 5) is 68.8. The van der Waals surface area contributed by atoms with Gasteiger partial charge in [0.05, 0.1) is 72.2 Å². The lowest BCUT2D eigenvalue weighted by atomic mass is 9.79. The van der Waals surface area contributed by atoms with E-state index < -0.39 is 44.2 Å². The van der Waals surface area contributed by atoms with Crippen molar-refractivity contribution in [3.05, 3.63) is 159 Å². The van der Waals surface area contributed by atoms with Crippen molar-refractivity contribution in [2.75, 3.05) is 75.5 Å². The fraction of sp³-hybridized carbons (Fsp3) is 0.495. The second kappa shape index (κ2) is 43.2. The number of aromatic nitrogens is 12. The number of para-hydroxylation sites is 3. The van der Waals surface area contributed by atoms with Crippen LogP contribution in [-0.4, -0.2) is 179 Å². The van der Waals surface area contributed by atoms with Gasteiger partial charge in [-0.25, -0.2) is 15.0 Å². The molecule has 127 heavy (non-hydrogen) atoms. The number of hydrogen-bond donors (Lipinski definition) is 3. The Bertz CT molecular complexity index is 5750. The molecule has 4 N–H and O–H groups in total. The van der Waals surface area contributed by atoms with Crippen LogP contribution in [0.1, 0.15) is 138 Å². The minimum atomic E-state index is -1.27. The van der Waals surface area contributed by atoms with Gasteiger partial charge in [0.1, 0.15) is 32.7 Å². The minimum absolute atomic E-state index is 0.0965. The second-order valence-corrected chi connectivity index (χ2v) is 64.3. The number of hydrogen-bond acceptors (Lipinski definition) is 20. The van der Waals surface area contributed by atoms with Crippen LogP contribution in [0.4, 0.5) is 17.5 Å². The average molecular weight is 1990 g/mol. The topological polar surface area (TPSA) is 300 Å². The van der Waals surface area contributed by atoms with Crippen molar-refractivity contribution in [3.63, 3.8) is 0 Å². The van der Waals surface area contributed by atoms with Crippen LogP contribution in [0.15, 0.2) is 142 Å². The van der Waals surface area contributed by atoms with Gasteiger partial charge in [0.2, 0.25) is 0 Å². The van der Waals surface area contributed by atoms with Crippen LogP contribution in [0, 0.1) is 17.8 Å². The quantitative estimate of drug-likeness (QED) is 0.0144. The molecule has 0 unspecified atom stereocenters. The van der Waals surface area contributed by atoms with Gasteiger partial charge in [-0.1, -0.05) is 133 Å². The molecular formula is C95H126Br3N15O10Si4. The van der Waals surface area contributed by atoms with Crippen molar-refractivity contribution in [2.45, 2.75) is 224 Å². The van der Waals surface area contributed by atoms with Gasteiger partial charge in [-0.05, 0) is 210 Å². The fourth-order valence-electron chi connectivity index (χ4n) is 17.0. The van der Waals surface area contributed by atoms with Crippen LogP contribution >= 0.6 is 47.8 Å². The number of carboxylic acids is 2. The first kappa shape index (κ1) is 96.3. The highest BCUT2D eigenvalue weighted by Crippen LogP contribution is 2.47. The molecule has 0 spiro atoms. The lowest BCUT2D eigenvalue weighted by molar-refractivity contribution is -0.144. The van der Waals surface area contributed by atoms with Crippen molar-refractivity contribution >= 4 is 165 Å². The maximum absolute atomic E-state index is 12.3. The summed E-state index contributed by atoms with van der Waals surface area (Å²) in [6.45, 7) is 35.0. The number of carbonyl (C=O) groups excluding carboxylic acids is 1. The van der Waals surface area contributed by atoms with Crippen molar-refractivity contribution in [1.82, 2.24) is 58.7 Å². The summed E-state index contributed by atoms with van der Waals surface area (Å²) in [5.74, 6) is 2.17. The lowest BCUT2D eigenvalue weighted by Gasteiger charge is -2.31. The molecule has 3 aliphatic carbocycles. The molecule has 9 aromatic heterocycles. The third-order valence-electron chi connectivity index (χ3n) is 24.5. The molecule has 3 aromatic carbocycles. The first-order valence-electron chi connectivity index (χ1n) is 45.1. The zero-order chi connectivity index (χ0) is 90.5. The van der Waals surface area contributed by atoms with E-state index in [1.807, 2.05) is 108 Å². The Hall–Kier alpha value is -8.29. The highest BCUT2D eigenvalue weighted by Gasteiger charge is 2.35. The SMILES string of the molecule is CCOC(=O)CC1CCC(c2nc3c(-c4cnc5ccccc5c4)cnn3c(N(COCC[Si](C)(C)C)COCC[Si](C)(C)C)c2Br)CC1.C[Si](C)(C)CCOCN(COCC[Si](C)(C)C)c1c(Br)c(C2CCC(CC(=O)O)CC2)nc2c(-c3cnc4ccccc4c3)cnn12.Nc1c(Br)c(C2CCC(CC(=O)O)CC2)nc2c(-c3cnc4ccccc4c3)cnn12. The van der Waals surface area contributed by atoms with Gasteiger partial charge < -0.3 is 49.4 Å². The van der Waals surface area contributed by atoms with Crippen molar-refractivity contribution in [1.29, 1.82) is 0 Å². The smallest absolute Gasteiger partial charge is 0.306 e. The van der Waals surface area contributed by atoms with E-state index in [4.69, 9.17) is 69.6 Å². The standard InChI is InChI=1S/C37H54BrN5O4Si2.C35H50BrN5O4Si2.C23H22BrN5O2/c1-8-47-33(44)21-27-13-15-28(16-14-27)35-34(38)37(42(25-45-17-19-48(2,3)4)26-46-18-20-49(5,6)7)43-36(41-35)31(24-40-43)30-22-29-11-9-10-12-32(29)39-23-30;1-46(2,3)17-15-44-23-40(24-45-16-18-47(4,5)6)35-32(36)33(26-13-11-25(12-14-26)19-31(42)43)39-34-29(22-38-41(34)35)28-20-27-9-7-8-10-30(27)37-21-28;24-20-21(14-7-5-13(6-8-14)9-19(30)31)28-23-17(12-27-29(23)22(20)25)16-10-15-3-1-2-4-18(15)26-11-16/h9-12,22-24,27-28H,8,13-21,25-26H2,1-7H3;7-10,20-22,25-26H,11-19,23-24H2,1-6H3,(H,42,43);1-4,10-14H,5-9,25H2,(H,30,31). The summed E-state index contributed by atoms with van der Waals surface area (Å²) in [7, 11) is -5.06. The number of nitrogen functional groups attached to an aromatic ring is 1. The van der Waals surface area contributed by atoms with Crippen LogP contribution in [0.2, 0.25) is 103 Å². The second-order valence-electron chi connectivity index (χ2n) is 39.4. The van der Waals surface area contributed by atoms with Crippen LogP contribution in [-0.2, 0) is 38.1 Å². The molecule has 9 heterocycles. The first-order valence-corrected chi connectivity index (χ1v) is 62.3. The number of benzene rings is 3. The molecule has 3 fully saturated rings. The monoisotopic (exact) mass is 1990 g/mol. The molecule has 0 amide bonds. The molecule has 678 valence electrons. The molecule has 0 saturated heterocycles. The van der Waals surface area contributed by atoms with Crippen LogP contribution in [0.25, 0.3) is 83.0 Å². The van der Waals surface area contributed by atoms with Crippen LogP contribution < -0.4 is 15.5 Å². The number of halogens is 3. The minimum Gasteiger partial charge on any atom is -0.481 e. The van der Waals surface area contributed by atoms with Crippen molar-refractivity contribution < 1.29 is 48.3 Å².